The van der Waals surface area contributed by atoms with Gasteiger partial charge in [-0.2, -0.15) is 0 Å². The van der Waals surface area contributed by atoms with Gasteiger partial charge < -0.3 is 15.2 Å². The van der Waals surface area contributed by atoms with Crippen molar-refractivity contribution in [2.75, 3.05) is 13.2 Å². The topological polar surface area (TPSA) is 41.5 Å². The Balaban J connectivity index is 2.24. The fourth-order valence-corrected chi connectivity index (χ4v) is 3.30. The summed E-state index contributed by atoms with van der Waals surface area (Å²) in [5, 5.41) is 13.7. The lowest BCUT2D eigenvalue weighted by Gasteiger charge is -2.33. The highest BCUT2D eigenvalue weighted by molar-refractivity contribution is 4.84. The highest BCUT2D eigenvalue weighted by Crippen LogP contribution is 2.25. The average Bonchev–Trinajstić information content (AvgIpc) is 2.47. The summed E-state index contributed by atoms with van der Waals surface area (Å²) in [6, 6.07) is 0. The van der Waals surface area contributed by atoms with E-state index in [0.29, 0.717) is 19.3 Å². The van der Waals surface area contributed by atoms with Crippen molar-refractivity contribution in [3.63, 3.8) is 0 Å². The van der Waals surface area contributed by atoms with E-state index in [1.54, 1.807) is 0 Å². The van der Waals surface area contributed by atoms with Crippen molar-refractivity contribution in [3.05, 3.63) is 0 Å². The number of aliphatic hydroxyl groups is 1. The first-order valence-electron chi connectivity index (χ1n) is 8.59. The number of hydrogen-bond acceptors (Lipinski definition) is 3. The average molecular weight is 285 g/mol. The maximum Gasteiger partial charge on any atom is 0.0898 e. The molecule has 3 atom stereocenters. The van der Waals surface area contributed by atoms with Gasteiger partial charge in [-0.3, -0.25) is 0 Å². The van der Waals surface area contributed by atoms with Crippen molar-refractivity contribution in [2.45, 2.75) is 90.4 Å². The van der Waals surface area contributed by atoms with E-state index in [4.69, 9.17) is 4.74 Å². The van der Waals surface area contributed by atoms with E-state index in [2.05, 4.69) is 33.0 Å². The summed E-state index contributed by atoms with van der Waals surface area (Å²) in [6.45, 7) is 10.0. The molecule has 0 saturated heterocycles. The van der Waals surface area contributed by atoms with Gasteiger partial charge in [-0.25, -0.2) is 0 Å². The van der Waals surface area contributed by atoms with Gasteiger partial charge in [0.2, 0.25) is 0 Å². The number of ether oxygens (including phenoxy) is 1. The quantitative estimate of drug-likeness (QED) is 0.681. The SMILES string of the molecule is CCC(CC)(CC)NCC(O)COC1CCCC(C)C1. The molecule has 0 aromatic rings. The van der Waals surface area contributed by atoms with Gasteiger partial charge in [0.1, 0.15) is 0 Å². The van der Waals surface area contributed by atoms with Gasteiger partial charge >= 0.3 is 0 Å². The third-order valence-electron chi connectivity index (χ3n) is 5.16. The molecule has 3 unspecified atom stereocenters. The van der Waals surface area contributed by atoms with Crippen LogP contribution >= 0.6 is 0 Å². The molecular weight excluding hydrogens is 250 g/mol. The van der Waals surface area contributed by atoms with Crippen LogP contribution in [0.2, 0.25) is 0 Å². The molecule has 0 aliphatic heterocycles. The van der Waals surface area contributed by atoms with Crippen LogP contribution in [-0.2, 0) is 4.74 Å². The number of nitrogens with one attached hydrogen (secondary N) is 1. The Morgan fingerprint density at radius 1 is 1.20 bits per heavy atom. The Bertz CT molecular complexity index is 245. The highest BCUT2D eigenvalue weighted by atomic mass is 16.5. The van der Waals surface area contributed by atoms with Gasteiger partial charge in [0.25, 0.3) is 0 Å². The van der Waals surface area contributed by atoms with Crippen LogP contribution in [0.1, 0.15) is 72.6 Å². The molecule has 1 fully saturated rings. The van der Waals surface area contributed by atoms with E-state index >= 15 is 0 Å². The summed E-state index contributed by atoms with van der Waals surface area (Å²) in [6.07, 6.45) is 8.20. The second-order valence-corrected chi connectivity index (χ2v) is 6.60. The molecule has 120 valence electrons. The van der Waals surface area contributed by atoms with Gasteiger partial charge in [-0.15, -0.1) is 0 Å². The van der Waals surface area contributed by atoms with Gasteiger partial charge in [-0.05, 0) is 38.0 Å². The van der Waals surface area contributed by atoms with Crippen LogP contribution in [0.3, 0.4) is 0 Å². The minimum atomic E-state index is -0.392. The molecule has 3 nitrogen and oxygen atoms in total. The van der Waals surface area contributed by atoms with Crippen LogP contribution in [0, 0.1) is 5.92 Å². The maximum absolute atomic E-state index is 10.1. The summed E-state index contributed by atoms with van der Waals surface area (Å²) in [7, 11) is 0. The number of aliphatic hydroxyl groups excluding tert-OH is 1. The van der Waals surface area contributed by atoms with Crippen molar-refractivity contribution in [1.29, 1.82) is 0 Å². The fraction of sp³-hybridized carbons (Fsp3) is 1.00. The Kier molecular flexibility index (Phi) is 8.08. The molecular formula is C17H35NO2. The van der Waals surface area contributed by atoms with Gasteiger partial charge in [0, 0.05) is 12.1 Å². The first-order chi connectivity index (χ1) is 9.55. The molecule has 20 heavy (non-hydrogen) atoms. The van der Waals surface area contributed by atoms with Gasteiger partial charge in [0.15, 0.2) is 0 Å². The minimum Gasteiger partial charge on any atom is -0.389 e. The molecule has 0 amide bonds. The van der Waals surface area contributed by atoms with E-state index in [-0.39, 0.29) is 5.54 Å². The standard InChI is InChI=1S/C17H35NO2/c1-5-17(6-2,7-3)18-12-15(19)13-20-16-10-8-9-14(4)11-16/h14-16,18-19H,5-13H2,1-4H3. The Hall–Kier alpha value is -0.120. The third-order valence-corrected chi connectivity index (χ3v) is 5.16. The predicted molar refractivity (Wildman–Crippen MR) is 85.0 cm³/mol. The smallest absolute Gasteiger partial charge is 0.0898 e. The number of rotatable bonds is 9. The fourth-order valence-electron chi connectivity index (χ4n) is 3.30. The van der Waals surface area contributed by atoms with Crippen molar-refractivity contribution in [2.24, 2.45) is 5.92 Å². The third kappa shape index (κ3) is 5.71. The van der Waals surface area contributed by atoms with Crippen LogP contribution in [0.25, 0.3) is 0 Å². The van der Waals surface area contributed by atoms with Crippen molar-refractivity contribution in [3.8, 4) is 0 Å². The molecule has 1 saturated carbocycles. The predicted octanol–water partition coefficient (Wildman–Crippen LogP) is 3.50. The second kappa shape index (κ2) is 9.01. The summed E-state index contributed by atoms with van der Waals surface area (Å²) in [4.78, 5) is 0. The number of β-amino-alcohol motifs (C(OH)–C–C–N with tert-alkyl or cyclic N) is 1. The first kappa shape index (κ1) is 17.9. The normalized spacial score (nSPS) is 25.6. The van der Waals surface area contributed by atoms with Crippen LogP contribution in [0.4, 0.5) is 0 Å². The molecule has 1 aliphatic rings. The van der Waals surface area contributed by atoms with Gasteiger partial charge in [0.05, 0.1) is 18.8 Å². The largest absolute Gasteiger partial charge is 0.389 e. The monoisotopic (exact) mass is 285 g/mol. The zero-order chi connectivity index (χ0) is 15.0. The summed E-state index contributed by atoms with van der Waals surface area (Å²) in [5.74, 6) is 0.775. The molecule has 0 aromatic heterocycles. The zero-order valence-electron chi connectivity index (χ0n) is 14.0. The molecule has 3 heteroatoms. The van der Waals surface area contributed by atoms with Gasteiger partial charge in [-0.1, -0.05) is 40.5 Å². The lowest BCUT2D eigenvalue weighted by Crippen LogP contribution is -2.47. The summed E-state index contributed by atoms with van der Waals surface area (Å²) in [5.41, 5.74) is 0.181. The van der Waals surface area contributed by atoms with Crippen molar-refractivity contribution >= 4 is 0 Å². The maximum atomic E-state index is 10.1. The van der Waals surface area contributed by atoms with Crippen LogP contribution in [-0.4, -0.2) is 36.0 Å². The van der Waals surface area contributed by atoms with Crippen molar-refractivity contribution < 1.29 is 9.84 Å². The Morgan fingerprint density at radius 2 is 1.85 bits per heavy atom. The first-order valence-corrected chi connectivity index (χ1v) is 8.59. The van der Waals surface area contributed by atoms with Crippen LogP contribution in [0.15, 0.2) is 0 Å². The van der Waals surface area contributed by atoms with Crippen LogP contribution in [0.5, 0.6) is 0 Å². The Morgan fingerprint density at radius 3 is 2.40 bits per heavy atom. The molecule has 2 N–H and O–H groups in total. The lowest BCUT2D eigenvalue weighted by molar-refractivity contribution is -0.0326. The minimum absolute atomic E-state index is 0.181. The van der Waals surface area contributed by atoms with E-state index < -0.39 is 6.10 Å². The van der Waals surface area contributed by atoms with Crippen molar-refractivity contribution in [1.82, 2.24) is 5.32 Å². The molecule has 0 aromatic carbocycles. The van der Waals surface area contributed by atoms with Crippen LogP contribution < -0.4 is 5.32 Å². The molecule has 1 aliphatic carbocycles. The van der Waals surface area contributed by atoms with E-state index in [9.17, 15) is 5.11 Å². The molecule has 0 spiro atoms. The van der Waals surface area contributed by atoms with E-state index in [1.165, 1.54) is 12.8 Å². The van der Waals surface area contributed by atoms with E-state index in [0.717, 1.165) is 38.0 Å². The number of hydrogen-bond donors (Lipinski definition) is 2. The molecule has 0 heterocycles. The molecule has 0 radical (unpaired) electrons. The zero-order valence-corrected chi connectivity index (χ0v) is 14.0. The highest BCUT2D eigenvalue weighted by Gasteiger charge is 2.24. The second-order valence-electron chi connectivity index (χ2n) is 6.60. The van der Waals surface area contributed by atoms with E-state index in [1.807, 2.05) is 0 Å². The molecule has 1 rings (SSSR count). The summed E-state index contributed by atoms with van der Waals surface area (Å²) < 4.78 is 5.89. The molecule has 0 bridgehead atoms. The summed E-state index contributed by atoms with van der Waals surface area (Å²) >= 11 is 0. The lowest BCUT2D eigenvalue weighted by atomic mass is 9.88. The Labute approximate surface area is 125 Å².